The van der Waals surface area contributed by atoms with Gasteiger partial charge in [0.2, 0.25) is 0 Å². The minimum Gasteiger partial charge on any atom is -0.488 e. The van der Waals surface area contributed by atoms with Crippen LogP contribution >= 0.6 is 11.3 Å². The fourth-order valence-corrected chi connectivity index (χ4v) is 4.47. The first kappa shape index (κ1) is 20.8. The molecule has 4 rings (SSSR count). The second kappa shape index (κ2) is 8.37. The van der Waals surface area contributed by atoms with Crippen LogP contribution in [0.4, 0.5) is 0 Å². The second-order valence-electron chi connectivity index (χ2n) is 7.80. The van der Waals surface area contributed by atoms with E-state index in [9.17, 15) is 9.90 Å². The van der Waals surface area contributed by atoms with Gasteiger partial charge in [-0.05, 0) is 51.3 Å². The fourth-order valence-electron chi connectivity index (χ4n) is 3.78. The van der Waals surface area contributed by atoms with Gasteiger partial charge in [-0.3, -0.25) is 4.79 Å². The maximum atomic E-state index is 13.2. The molecule has 30 heavy (non-hydrogen) atoms. The van der Waals surface area contributed by atoms with Gasteiger partial charge in [-0.1, -0.05) is 0 Å². The minimum absolute atomic E-state index is 0.126. The molecule has 0 spiro atoms. The van der Waals surface area contributed by atoms with Crippen LogP contribution in [0.2, 0.25) is 0 Å². The van der Waals surface area contributed by atoms with E-state index in [2.05, 4.69) is 10.3 Å². The lowest BCUT2D eigenvalue weighted by molar-refractivity contribution is 0.0125. The van der Waals surface area contributed by atoms with Crippen LogP contribution in [0.5, 0.6) is 5.75 Å². The molecule has 3 heterocycles. The summed E-state index contributed by atoms with van der Waals surface area (Å²) in [7, 11) is 0. The van der Waals surface area contributed by atoms with E-state index in [0.717, 1.165) is 16.1 Å². The number of amides is 1. The summed E-state index contributed by atoms with van der Waals surface area (Å²) in [5, 5.41) is 13.7. The number of hydrogen-bond donors (Lipinski definition) is 2. The number of thiazole rings is 1. The number of nitrogens with one attached hydrogen (secondary N) is 1. The Bertz CT molecular complexity index is 1070. The van der Waals surface area contributed by atoms with Crippen LogP contribution in [0.1, 0.15) is 45.1 Å². The van der Waals surface area contributed by atoms with Crippen molar-refractivity contribution >= 4 is 28.2 Å². The number of benzene rings is 1. The van der Waals surface area contributed by atoms with Gasteiger partial charge in [0.1, 0.15) is 23.7 Å². The summed E-state index contributed by atoms with van der Waals surface area (Å²) < 4.78 is 17.3. The van der Waals surface area contributed by atoms with E-state index < -0.39 is 5.54 Å². The Hall–Kier alpha value is -2.42. The molecule has 7 nitrogen and oxygen atoms in total. The molecule has 1 aliphatic rings. The molecular weight excluding hydrogens is 404 g/mol. The number of aliphatic hydroxyl groups is 1. The summed E-state index contributed by atoms with van der Waals surface area (Å²) in [6.07, 6.45) is 1.15. The first-order valence-corrected chi connectivity index (χ1v) is 10.9. The van der Waals surface area contributed by atoms with Crippen LogP contribution in [0.15, 0.2) is 22.1 Å². The van der Waals surface area contributed by atoms with Crippen molar-refractivity contribution in [2.75, 3.05) is 19.8 Å². The lowest BCUT2D eigenvalue weighted by atomic mass is 9.90. The fraction of sp³-hybridized carbons (Fsp3) is 0.455. The number of carbonyl (C=O) groups excluding carboxylic acids is 1. The molecule has 3 aromatic rings. The van der Waals surface area contributed by atoms with Gasteiger partial charge in [0.25, 0.3) is 5.91 Å². The number of carbonyl (C=O) groups is 1. The molecule has 0 aliphatic carbocycles. The van der Waals surface area contributed by atoms with E-state index in [1.807, 2.05) is 26.0 Å². The molecule has 1 aromatic carbocycles. The number of fused-ring (bicyclic) bond motifs is 1. The highest BCUT2D eigenvalue weighted by Crippen LogP contribution is 2.33. The number of aromatic nitrogens is 1. The standard InChI is InChI=1S/C22H26N2O5S/c1-13-8-18-16(9-17(13)28-10-19-14(2)23-12-30-19)20(15(3)29-18)21(26)24-22(11-25)4-6-27-7-5-22/h8-9,12,25H,4-7,10-11H2,1-3H3,(H,24,26). The first-order chi connectivity index (χ1) is 14.4. The van der Waals surface area contributed by atoms with E-state index in [4.69, 9.17) is 13.9 Å². The third kappa shape index (κ3) is 3.95. The number of aryl methyl sites for hydroxylation is 3. The van der Waals surface area contributed by atoms with Gasteiger partial charge in [-0.2, -0.15) is 0 Å². The summed E-state index contributed by atoms with van der Waals surface area (Å²) >= 11 is 1.56. The van der Waals surface area contributed by atoms with Crippen molar-refractivity contribution in [3.63, 3.8) is 0 Å². The predicted octanol–water partition coefficient (Wildman–Crippen LogP) is 3.66. The van der Waals surface area contributed by atoms with Crippen molar-refractivity contribution < 1.29 is 23.8 Å². The van der Waals surface area contributed by atoms with Crippen molar-refractivity contribution in [3.05, 3.63) is 45.1 Å². The van der Waals surface area contributed by atoms with Gasteiger partial charge in [0, 0.05) is 18.6 Å². The van der Waals surface area contributed by atoms with Gasteiger partial charge >= 0.3 is 0 Å². The Kier molecular flexibility index (Phi) is 5.81. The van der Waals surface area contributed by atoms with Crippen molar-refractivity contribution in [1.82, 2.24) is 10.3 Å². The minimum atomic E-state index is -0.668. The Morgan fingerprint density at radius 3 is 2.73 bits per heavy atom. The molecular formula is C22H26N2O5S. The Labute approximate surface area is 179 Å². The molecule has 8 heteroatoms. The largest absolute Gasteiger partial charge is 0.488 e. The van der Waals surface area contributed by atoms with E-state index in [0.29, 0.717) is 60.7 Å². The summed E-state index contributed by atoms with van der Waals surface area (Å²) in [6, 6.07) is 3.76. The average molecular weight is 431 g/mol. The molecule has 160 valence electrons. The lowest BCUT2D eigenvalue weighted by Gasteiger charge is -2.36. The maximum absolute atomic E-state index is 13.2. The number of rotatable bonds is 6. The van der Waals surface area contributed by atoms with Gasteiger partial charge < -0.3 is 24.3 Å². The SMILES string of the molecule is Cc1cc2oc(C)c(C(=O)NC3(CO)CCOCC3)c2cc1OCc1scnc1C. The van der Waals surface area contributed by atoms with E-state index in [1.165, 1.54) is 0 Å². The average Bonchev–Trinajstić information content (AvgIpc) is 3.28. The predicted molar refractivity (Wildman–Crippen MR) is 114 cm³/mol. The van der Waals surface area contributed by atoms with Crippen molar-refractivity contribution in [1.29, 1.82) is 0 Å². The highest BCUT2D eigenvalue weighted by Gasteiger charge is 2.35. The normalized spacial score (nSPS) is 16.0. The molecule has 2 aromatic heterocycles. The van der Waals surface area contributed by atoms with Gasteiger partial charge in [0.05, 0.1) is 33.8 Å². The number of ether oxygens (including phenoxy) is 2. The van der Waals surface area contributed by atoms with Crippen molar-refractivity contribution in [2.24, 2.45) is 0 Å². The molecule has 0 unspecified atom stereocenters. The quantitative estimate of drug-likeness (QED) is 0.620. The molecule has 2 N–H and O–H groups in total. The molecule has 1 saturated heterocycles. The summed E-state index contributed by atoms with van der Waals surface area (Å²) in [5.74, 6) is 0.987. The molecule has 0 bridgehead atoms. The lowest BCUT2D eigenvalue weighted by Crippen LogP contribution is -2.54. The Balaban J connectivity index is 1.63. The van der Waals surface area contributed by atoms with Gasteiger partial charge in [-0.25, -0.2) is 4.98 Å². The Morgan fingerprint density at radius 1 is 1.30 bits per heavy atom. The molecule has 1 aliphatic heterocycles. The van der Waals surface area contributed by atoms with Gasteiger partial charge in [0.15, 0.2) is 0 Å². The zero-order valence-corrected chi connectivity index (χ0v) is 18.2. The van der Waals surface area contributed by atoms with Crippen LogP contribution < -0.4 is 10.1 Å². The molecule has 1 fully saturated rings. The van der Waals surface area contributed by atoms with E-state index in [1.54, 1.807) is 23.8 Å². The van der Waals surface area contributed by atoms with Crippen molar-refractivity contribution in [3.8, 4) is 5.75 Å². The zero-order valence-electron chi connectivity index (χ0n) is 17.4. The second-order valence-corrected chi connectivity index (χ2v) is 8.74. The third-order valence-corrected chi connectivity index (χ3v) is 6.63. The van der Waals surface area contributed by atoms with Crippen LogP contribution in [0.25, 0.3) is 11.0 Å². The van der Waals surface area contributed by atoms with E-state index in [-0.39, 0.29) is 12.5 Å². The van der Waals surface area contributed by atoms with Crippen molar-refractivity contribution in [2.45, 2.75) is 45.8 Å². The van der Waals surface area contributed by atoms with E-state index >= 15 is 0 Å². The van der Waals surface area contributed by atoms with Crippen LogP contribution in [0, 0.1) is 20.8 Å². The molecule has 0 atom stereocenters. The first-order valence-electron chi connectivity index (χ1n) is 9.99. The highest BCUT2D eigenvalue weighted by atomic mass is 32.1. The molecule has 0 saturated carbocycles. The summed E-state index contributed by atoms with van der Waals surface area (Å²) in [4.78, 5) is 18.5. The Morgan fingerprint density at radius 2 is 2.07 bits per heavy atom. The van der Waals surface area contributed by atoms with Crippen LogP contribution in [0.3, 0.4) is 0 Å². The zero-order chi connectivity index (χ0) is 21.3. The van der Waals surface area contributed by atoms with Crippen LogP contribution in [-0.4, -0.2) is 41.4 Å². The smallest absolute Gasteiger partial charge is 0.255 e. The topological polar surface area (TPSA) is 93.8 Å². The monoisotopic (exact) mass is 430 g/mol. The number of furan rings is 1. The number of aliphatic hydroxyl groups excluding tert-OH is 1. The summed E-state index contributed by atoms with van der Waals surface area (Å²) in [6.45, 7) is 7.02. The number of hydrogen-bond acceptors (Lipinski definition) is 7. The molecule has 1 amide bonds. The third-order valence-electron chi connectivity index (χ3n) is 5.72. The summed E-state index contributed by atoms with van der Waals surface area (Å²) in [5.41, 5.74) is 4.15. The highest BCUT2D eigenvalue weighted by molar-refractivity contribution is 7.09. The molecule has 0 radical (unpaired) electrons. The van der Waals surface area contributed by atoms with Crippen LogP contribution in [-0.2, 0) is 11.3 Å². The number of nitrogens with zero attached hydrogens (tertiary/aromatic N) is 1. The van der Waals surface area contributed by atoms with Gasteiger partial charge in [-0.15, -0.1) is 11.3 Å². The maximum Gasteiger partial charge on any atom is 0.255 e.